The molecular formula is C19H17F2N3O2. The summed E-state index contributed by atoms with van der Waals surface area (Å²) >= 11 is 0. The second kappa shape index (κ2) is 7.40. The Morgan fingerprint density at radius 2 is 1.65 bits per heavy atom. The number of halogens is 2. The van der Waals surface area contributed by atoms with E-state index >= 15 is 0 Å². The Balaban J connectivity index is 1.69. The zero-order chi connectivity index (χ0) is 18.7. The number of hydrogen-bond donors (Lipinski definition) is 0. The van der Waals surface area contributed by atoms with Crippen molar-refractivity contribution in [3.63, 3.8) is 0 Å². The number of carbonyl (C=O) groups is 1. The number of benzene rings is 2. The molecular weight excluding hydrogens is 340 g/mol. The fourth-order valence-electron chi connectivity index (χ4n) is 2.98. The van der Waals surface area contributed by atoms with Gasteiger partial charge in [-0.05, 0) is 36.4 Å². The average Bonchev–Trinajstić information content (AvgIpc) is 2.67. The molecule has 2 aromatic carbocycles. The lowest BCUT2D eigenvalue weighted by Gasteiger charge is -2.36. The average molecular weight is 357 g/mol. The molecule has 0 saturated carbocycles. The Bertz CT molecular complexity index is 831. The van der Waals surface area contributed by atoms with Gasteiger partial charge in [-0.3, -0.25) is 4.79 Å². The summed E-state index contributed by atoms with van der Waals surface area (Å²) in [5, 5.41) is 8.78. The van der Waals surface area contributed by atoms with Crippen molar-refractivity contribution in [3.05, 3.63) is 59.2 Å². The van der Waals surface area contributed by atoms with E-state index in [0.717, 1.165) is 12.1 Å². The minimum Gasteiger partial charge on any atom is -0.497 e. The van der Waals surface area contributed by atoms with Crippen LogP contribution in [0, 0.1) is 23.0 Å². The fourth-order valence-corrected chi connectivity index (χ4v) is 2.98. The summed E-state index contributed by atoms with van der Waals surface area (Å²) in [5.41, 5.74) is 0.326. The lowest BCUT2D eigenvalue weighted by molar-refractivity contribution is 0.0746. The summed E-state index contributed by atoms with van der Waals surface area (Å²) in [4.78, 5) is 15.8. The molecule has 0 aliphatic carbocycles. The van der Waals surface area contributed by atoms with Crippen molar-refractivity contribution in [1.82, 2.24) is 4.90 Å². The van der Waals surface area contributed by atoms with Crippen molar-refractivity contribution >= 4 is 11.6 Å². The second-order valence-electron chi connectivity index (χ2n) is 5.91. The number of nitriles is 1. The van der Waals surface area contributed by atoms with Gasteiger partial charge >= 0.3 is 0 Å². The first-order valence-electron chi connectivity index (χ1n) is 8.11. The van der Waals surface area contributed by atoms with Crippen LogP contribution in [0.15, 0.2) is 36.4 Å². The molecule has 0 bridgehead atoms. The van der Waals surface area contributed by atoms with Crippen LogP contribution in [0.4, 0.5) is 14.5 Å². The molecule has 1 amide bonds. The predicted molar refractivity (Wildman–Crippen MR) is 92.2 cm³/mol. The molecule has 1 saturated heterocycles. The Morgan fingerprint density at radius 3 is 2.15 bits per heavy atom. The van der Waals surface area contributed by atoms with E-state index in [1.165, 1.54) is 0 Å². The van der Waals surface area contributed by atoms with E-state index in [1.54, 1.807) is 47.2 Å². The molecule has 1 heterocycles. The molecule has 0 unspecified atom stereocenters. The molecule has 0 N–H and O–H groups in total. The molecule has 0 radical (unpaired) electrons. The van der Waals surface area contributed by atoms with E-state index in [2.05, 4.69) is 0 Å². The maximum absolute atomic E-state index is 14.1. The third kappa shape index (κ3) is 3.45. The largest absolute Gasteiger partial charge is 0.497 e. The van der Waals surface area contributed by atoms with Gasteiger partial charge in [-0.2, -0.15) is 5.26 Å². The van der Waals surface area contributed by atoms with Gasteiger partial charge in [0.15, 0.2) is 11.6 Å². The Morgan fingerprint density at radius 1 is 1.08 bits per heavy atom. The van der Waals surface area contributed by atoms with Crippen molar-refractivity contribution < 1.29 is 18.3 Å². The highest BCUT2D eigenvalue weighted by Crippen LogP contribution is 2.26. The third-order valence-electron chi connectivity index (χ3n) is 4.37. The molecule has 0 aromatic heterocycles. The Hall–Kier alpha value is -3.14. The van der Waals surface area contributed by atoms with Gasteiger partial charge in [0.2, 0.25) is 0 Å². The maximum atomic E-state index is 14.1. The number of amides is 1. The molecule has 1 aliphatic rings. The van der Waals surface area contributed by atoms with Gasteiger partial charge in [-0.1, -0.05) is 0 Å². The molecule has 3 rings (SSSR count). The van der Waals surface area contributed by atoms with Crippen LogP contribution in [0.3, 0.4) is 0 Å². The molecule has 1 aliphatic heterocycles. The number of ether oxygens (including phenoxy) is 1. The van der Waals surface area contributed by atoms with Gasteiger partial charge < -0.3 is 14.5 Å². The van der Waals surface area contributed by atoms with Crippen LogP contribution in [0.25, 0.3) is 0 Å². The van der Waals surface area contributed by atoms with E-state index in [9.17, 15) is 13.6 Å². The third-order valence-corrected chi connectivity index (χ3v) is 4.37. The molecule has 7 heteroatoms. The Labute approximate surface area is 150 Å². The highest BCUT2D eigenvalue weighted by atomic mass is 19.1. The number of piperazine rings is 1. The van der Waals surface area contributed by atoms with Gasteiger partial charge in [0.05, 0.1) is 18.7 Å². The summed E-state index contributed by atoms with van der Waals surface area (Å²) < 4.78 is 33.4. The Kier molecular flexibility index (Phi) is 5.03. The van der Waals surface area contributed by atoms with Crippen LogP contribution in [0.5, 0.6) is 5.75 Å². The van der Waals surface area contributed by atoms with Crippen molar-refractivity contribution in [1.29, 1.82) is 5.26 Å². The van der Waals surface area contributed by atoms with Crippen molar-refractivity contribution in [2.24, 2.45) is 0 Å². The number of rotatable bonds is 3. The summed E-state index contributed by atoms with van der Waals surface area (Å²) in [5.74, 6) is -1.00. The van der Waals surface area contributed by atoms with E-state index in [4.69, 9.17) is 10.00 Å². The van der Waals surface area contributed by atoms with Crippen LogP contribution >= 0.6 is 0 Å². The SMILES string of the molecule is COc1ccc(C(=O)N2CCN(c3c(F)cc(C#N)cc3F)CC2)cc1. The molecule has 2 aromatic rings. The molecule has 134 valence electrons. The number of methoxy groups -OCH3 is 1. The lowest BCUT2D eigenvalue weighted by Crippen LogP contribution is -2.49. The number of nitrogens with zero attached hydrogens (tertiary/aromatic N) is 3. The van der Waals surface area contributed by atoms with Crippen LogP contribution in [-0.2, 0) is 0 Å². The van der Waals surface area contributed by atoms with Crippen molar-refractivity contribution in [2.75, 3.05) is 38.2 Å². The predicted octanol–water partition coefficient (Wildman–Crippen LogP) is 2.81. The van der Waals surface area contributed by atoms with Crippen LogP contribution < -0.4 is 9.64 Å². The van der Waals surface area contributed by atoms with Gasteiger partial charge in [-0.15, -0.1) is 0 Å². The molecule has 26 heavy (non-hydrogen) atoms. The number of carbonyl (C=O) groups excluding carboxylic acids is 1. The highest BCUT2D eigenvalue weighted by Gasteiger charge is 2.26. The van der Waals surface area contributed by atoms with Crippen molar-refractivity contribution in [3.8, 4) is 11.8 Å². The molecule has 5 nitrogen and oxygen atoms in total. The standard InChI is InChI=1S/C19H17F2N3O2/c1-26-15-4-2-14(3-5-15)19(25)24-8-6-23(7-9-24)18-16(20)10-13(12-22)11-17(18)21/h2-5,10-11H,6-9H2,1H3. The van der Waals surface area contributed by atoms with Gasteiger partial charge in [0, 0.05) is 31.7 Å². The van der Waals surface area contributed by atoms with E-state index < -0.39 is 11.6 Å². The normalized spacial score (nSPS) is 14.1. The summed E-state index contributed by atoms with van der Waals surface area (Å²) in [6.07, 6.45) is 0. The first-order chi connectivity index (χ1) is 12.5. The van der Waals surface area contributed by atoms with Gasteiger partial charge in [0.25, 0.3) is 5.91 Å². The zero-order valence-electron chi connectivity index (χ0n) is 14.2. The van der Waals surface area contributed by atoms with Gasteiger partial charge in [-0.25, -0.2) is 8.78 Å². The van der Waals surface area contributed by atoms with E-state index in [1.807, 2.05) is 0 Å². The molecule has 1 fully saturated rings. The minimum atomic E-state index is -0.767. The number of anilines is 1. The molecule has 0 spiro atoms. The quantitative estimate of drug-likeness (QED) is 0.848. The van der Waals surface area contributed by atoms with Crippen molar-refractivity contribution in [2.45, 2.75) is 0 Å². The molecule has 0 atom stereocenters. The van der Waals surface area contributed by atoms with Crippen LogP contribution in [-0.4, -0.2) is 44.1 Å². The lowest BCUT2D eigenvalue weighted by atomic mass is 10.1. The van der Waals surface area contributed by atoms with E-state index in [-0.39, 0.29) is 17.2 Å². The first kappa shape index (κ1) is 17.7. The van der Waals surface area contributed by atoms with Crippen LogP contribution in [0.1, 0.15) is 15.9 Å². The highest BCUT2D eigenvalue weighted by molar-refractivity contribution is 5.94. The maximum Gasteiger partial charge on any atom is 0.253 e. The second-order valence-corrected chi connectivity index (χ2v) is 5.91. The van der Waals surface area contributed by atoms with E-state index in [0.29, 0.717) is 37.5 Å². The minimum absolute atomic E-state index is 0.0583. The van der Waals surface area contributed by atoms with Gasteiger partial charge in [0.1, 0.15) is 11.4 Å². The summed E-state index contributed by atoms with van der Waals surface area (Å²) in [7, 11) is 1.55. The monoisotopic (exact) mass is 357 g/mol. The summed E-state index contributed by atoms with van der Waals surface area (Å²) in [6, 6.07) is 10.6. The fraction of sp³-hybridized carbons (Fsp3) is 0.263. The zero-order valence-corrected chi connectivity index (χ0v) is 14.2. The summed E-state index contributed by atoms with van der Waals surface area (Å²) in [6.45, 7) is 1.32. The number of hydrogen-bond acceptors (Lipinski definition) is 4. The first-order valence-corrected chi connectivity index (χ1v) is 8.11. The smallest absolute Gasteiger partial charge is 0.253 e. The topological polar surface area (TPSA) is 56.6 Å². The van der Waals surface area contributed by atoms with Crippen LogP contribution in [0.2, 0.25) is 0 Å².